The third-order valence-electron chi connectivity index (χ3n) is 2.78. The maximum Gasteiger partial charge on any atom is 0.178 e. The van der Waals surface area contributed by atoms with Crippen LogP contribution < -0.4 is 5.32 Å². The number of benzene rings is 1. The second-order valence-corrected chi connectivity index (χ2v) is 7.07. The molecule has 0 saturated heterocycles. The Morgan fingerprint density at radius 2 is 1.95 bits per heavy atom. The van der Waals surface area contributed by atoms with Gasteiger partial charge in [0.25, 0.3) is 0 Å². The first-order chi connectivity index (χ1) is 9.42. The quantitative estimate of drug-likeness (QED) is 0.550. The molecule has 112 valence electrons. The van der Waals surface area contributed by atoms with Gasteiger partial charge in [-0.05, 0) is 19.4 Å². The van der Waals surface area contributed by atoms with Crippen LogP contribution >= 0.6 is 0 Å². The minimum absolute atomic E-state index is 0.0763. The van der Waals surface area contributed by atoms with E-state index in [0.29, 0.717) is 13.1 Å². The van der Waals surface area contributed by atoms with Gasteiger partial charge in [0.1, 0.15) is 0 Å². The molecule has 0 saturated carbocycles. The van der Waals surface area contributed by atoms with Crippen LogP contribution in [0.2, 0.25) is 0 Å². The van der Waals surface area contributed by atoms with Crippen molar-refractivity contribution in [3.63, 3.8) is 0 Å². The van der Waals surface area contributed by atoms with Gasteiger partial charge in [-0.3, -0.25) is 4.99 Å². The maximum absolute atomic E-state index is 11.5. The Morgan fingerprint density at radius 1 is 1.30 bits per heavy atom. The molecule has 20 heavy (non-hydrogen) atoms. The van der Waals surface area contributed by atoms with Crippen molar-refractivity contribution >= 4 is 16.1 Å². The Hall–Kier alpha value is -1.24. The Morgan fingerprint density at radius 3 is 2.55 bits per heavy atom. The molecule has 0 fully saturated rings. The molecule has 2 atom stereocenters. The third-order valence-corrected chi connectivity index (χ3v) is 4.78. The Kier molecular flexibility index (Phi) is 6.84. The van der Waals surface area contributed by atoms with Crippen LogP contribution in [-0.4, -0.2) is 50.1 Å². The number of rotatable bonds is 8. The molecule has 0 aromatic heterocycles. The monoisotopic (exact) mass is 298 g/mol. The number of nitrogens with one attached hydrogen (secondary N) is 1. The smallest absolute Gasteiger partial charge is 0.178 e. The zero-order valence-corrected chi connectivity index (χ0v) is 12.7. The molecule has 0 heterocycles. The Labute approximate surface area is 120 Å². The third kappa shape index (κ3) is 6.27. The molecule has 5 nitrogen and oxygen atoms in total. The maximum atomic E-state index is 11.5. The summed E-state index contributed by atoms with van der Waals surface area (Å²) >= 11 is 0. The van der Waals surface area contributed by atoms with Crippen molar-refractivity contribution in [1.29, 1.82) is 0 Å². The van der Waals surface area contributed by atoms with E-state index in [4.69, 9.17) is 5.11 Å². The van der Waals surface area contributed by atoms with E-state index in [9.17, 15) is 8.42 Å². The van der Waals surface area contributed by atoms with Gasteiger partial charge in [-0.15, -0.1) is 0 Å². The van der Waals surface area contributed by atoms with E-state index in [1.807, 2.05) is 30.3 Å². The van der Waals surface area contributed by atoms with Crippen molar-refractivity contribution in [2.24, 2.45) is 4.99 Å². The average molecular weight is 298 g/mol. The minimum Gasteiger partial charge on any atom is -0.377 e. The van der Waals surface area contributed by atoms with E-state index >= 15 is 0 Å². The second kappa shape index (κ2) is 8.14. The van der Waals surface area contributed by atoms with Crippen molar-refractivity contribution < 1.29 is 13.5 Å². The van der Waals surface area contributed by atoms with Gasteiger partial charge in [0.15, 0.2) is 15.3 Å². The molecular weight excluding hydrogens is 276 g/mol. The predicted molar refractivity (Wildman–Crippen MR) is 81.8 cm³/mol. The SMILES string of the molecule is CC(CS(=O)(=O)C(C)O)NCCN=Cc1ccccc1. The highest BCUT2D eigenvalue weighted by Gasteiger charge is 2.20. The van der Waals surface area contributed by atoms with E-state index in [-0.39, 0.29) is 11.8 Å². The van der Waals surface area contributed by atoms with Gasteiger partial charge in [0, 0.05) is 18.8 Å². The van der Waals surface area contributed by atoms with Gasteiger partial charge in [-0.25, -0.2) is 8.42 Å². The average Bonchev–Trinajstić information content (AvgIpc) is 2.38. The second-order valence-electron chi connectivity index (χ2n) is 4.73. The predicted octanol–water partition coefficient (Wildman–Crippen LogP) is 0.837. The molecule has 0 aliphatic carbocycles. The van der Waals surface area contributed by atoms with Crippen molar-refractivity contribution in [3.05, 3.63) is 35.9 Å². The van der Waals surface area contributed by atoms with Crippen molar-refractivity contribution in [2.45, 2.75) is 25.3 Å². The highest BCUT2D eigenvalue weighted by atomic mass is 32.2. The summed E-state index contributed by atoms with van der Waals surface area (Å²) in [6, 6.07) is 9.57. The van der Waals surface area contributed by atoms with E-state index in [0.717, 1.165) is 5.56 Å². The summed E-state index contributed by atoms with van der Waals surface area (Å²) in [4.78, 5) is 4.26. The number of aliphatic hydroxyl groups is 1. The van der Waals surface area contributed by atoms with Gasteiger partial charge in [0.2, 0.25) is 0 Å². The molecule has 0 aliphatic heterocycles. The van der Waals surface area contributed by atoms with Gasteiger partial charge < -0.3 is 10.4 Å². The van der Waals surface area contributed by atoms with Gasteiger partial charge in [-0.2, -0.15) is 0 Å². The lowest BCUT2D eigenvalue weighted by Crippen LogP contribution is -2.37. The van der Waals surface area contributed by atoms with Crippen LogP contribution in [0.4, 0.5) is 0 Å². The summed E-state index contributed by atoms with van der Waals surface area (Å²) in [7, 11) is -3.43. The van der Waals surface area contributed by atoms with E-state index in [1.165, 1.54) is 6.92 Å². The fourth-order valence-corrected chi connectivity index (χ4v) is 2.72. The molecular formula is C14H22N2O3S. The topological polar surface area (TPSA) is 78.8 Å². The summed E-state index contributed by atoms with van der Waals surface area (Å²) in [5.74, 6) is -0.0763. The summed E-state index contributed by atoms with van der Waals surface area (Å²) in [6.07, 6.45) is 1.79. The number of nitrogens with zero attached hydrogens (tertiary/aromatic N) is 1. The van der Waals surface area contributed by atoms with Crippen LogP contribution in [0.15, 0.2) is 35.3 Å². The standard InChI is InChI=1S/C14H22N2O3S/c1-12(11-20(18,19)13(2)17)16-9-8-15-10-14-6-4-3-5-7-14/h3-7,10,12-13,16-17H,8-9,11H2,1-2H3. The number of aliphatic imine (C=N–C) groups is 1. The molecule has 1 aromatic rings. The van der Waals surface area contributed by atoms with Crippen molar-refractivity contribution in [2.75, 3.05) is 18.8 Å². The lowest BCUT2D eigenvalue weighted by Gasteiger charge is -2.14. The first-order valence-corrected chi connectivity index (χ1v) is 8.31. The summed E-state index contributed by atoms with van der Waals surface area (Å²) < 4.78 is 23.0. The molecule has 2 unspecified atom stereocenters. The fraction of sp³-hybridized carbons (Fsp3) is 0.500. The van der Waals surface area contributed by atoms with Gasteiger partial charge in [0.05, 0.1) is 12.3 Å². The minimum atomic E-state index is -3.43. The lowest BCUT2D eigenvalue weighted by molar-refractivity contribution is 0.268. The lowest BCUT2D eigenvalue weighted by atomic mass is 10.2. The molecule has 2 N–H and O–H groups in total. The van der Waals surface area contributed by atoms with Crippen LogP contribution in [0.5, 0.6) is 0 Å². The van der Waals surface area contributed by atoms with Crippen molar-refractivity contribution in [1.82, 2.24) is 5.32 Å². The van der Waals surface area contributed by atoms with Gasteiger partial charge in [-0.1, -0.05) is 30.3 Å². The summed E-state index contributed by atoms with van der Waals surface area (Å²) in [5.41, 5.74) is -0.278. The van der Waals surface area contributed by atoms with Crippen LogP contribution in [0.25, 0.3) is 0 Å². The number of hydrogen-bond acceptors (Lipinski definition) is 5. The molecule has 0 radical (unpaired) electrons. The van der Waals surface area contributed by atoms with E-state index in [2.05, 4.69) is 10.3 Å². The summed E-state index contributed by atoms with van der Waals surface area (Å²) in [5, 5.41) is 12.2. The van der Waals surface area contributed by atoms with E-state index < -0.39 is 15.3 Å². The molecule has 6 heteroatoms. The molecule has 0 amide bonds. The molecule has 1 aromatic carbocycles. The molecule has 1 rings (SSSR count). The number of aliphatic hydroxyl groups excluding tert-OH is 1. The zero-order valence-electron chi connectivity index (χ0n) is 11.9. The van der Waals surface area contributed by atoms with Crippen LogP contribution in [0.1, 0.15) is 19.4 Å². The fourth-order valence-electron chi connectivity index (χ4n) is 1.63. The Bertz CT molecular complexity index is 512. The largest absolute Gasteiger partial charge is 0.377 e. The van der Waals surface area contributed by atoms with Crippen LogP contribution in [0.3, 0.4) is 0 Å². The molecule has 0 aliphatic rings. The number of sulfone groups is 1. The van der Waals surface area contributed by atoms with Gasteiger partial charge >= 0.3 is 0 Å². The first-order valence-electron chi connectivity index (χ1n) is 6.59. The zero-order chi connectivity index (χ0) is 15.0. The van der Waals surface area contributed by atoms with Crippen LogP contribution in [-0.2, 0) is 9.84 Å². The van der Waals surface area contributed by atoms with Crippen molar-refractivity contribution in [3.8, 4) is 0 Å². The molecule has 0 spiro atoms. The first kappa shape index (κ1) is 16.8. The summed E-state index contributed by atoms with van der Waals surface area (Å²) in [6.45, 7) is 4.22. The van der Waals surface area contributed by atoms with E-state index in [1.54, 1.807) is 13.1 Å². The van der Waals surface area contributed by atoms with Crippen LogP contribution in [0, 0.1) is 0 Å². The molecule has 0 bridgehead atoms. The number of hydrogen-bond donors (Lipinski definition) is 2. The highest BCUT2D eigenvalue weighted by Crippen LogP contribution is 2.00. The normalized spacial score (nSPS) is 15.3. The highest BCUT2D eigenvalue weighted by molar-refractivity contribution is 7.91. The Balaban J connectivity index is 2.26.